The first kappa shape index (κ1) is 13.6. The fourth-order valence-corrected chi connectivity index (χ4v) is 2.93. The number of carbonyl (C=O) groups excluding carboxylic acids is 3. The van der Waals surface area contributed by atoms with Gasteiger partial charge in [-0.3, -0.25) is 19.7 Å². The number of amides is 3. The highest BCUT2D eigenvalue weighted by Crippen LogP contribution is 2.29. The number of imide groups is 1. The van der Waals surface area contributed by atoms with E-state index in [0.717, 1.165) is 11.3 Å². The number of hydrogen-bond donors (Lipinski definition) is 2. The van der Waals surface area contributed by atoms with Gasteiger partial charge in [-0.05, 0) is 25.0 Å². The first-order chi connectivity index (χ1) is 10.0. The average molecular weight is 287 g/mol. The number of carbonyl (C=O) groups is 3. The van der Waals surface area contributed by atoms with Crippen molar-refractivity contribution in [2.24, 2.45) is 5.92 Å². The van der Waals surface area contributed by atoms with Crippen LogP contribution in [-0.4, -0.2) is 41.8 Å². The largest absolute Gasteiger partial charge is 0.382 e. The van der Waals surface area contributed by atoms with Crippen molar-refractivity contribution >= 4 is 23.4 Å². The van der Waals surface area contributed by atoms with Gasteiger partial charge in [0, 0.05) is 11.7 Å². The molecule has 1 saturated heterocycles. The zero-order chi connectivity index (χ0) is 15.0. The first-order valence-electron chi connectivity index (χ1n) is 7.00. The molecule has 21 heavy (non-hydrogen) atoms. The van der Waals surface area contributed by atoms with Crippen LogP contribution in [0.25, 0.3) is 0 Å². The number of hydrogen-bond acceptors (Lipinski definition) is 4. The van der Waals surface area contributed by atoms with Gasteiger partial charge in [-0.15, -0.1) is 0 Å². The molecule has 110 valence electrons. The van der Waals surface area contributed by atoms with Gasteiger partial charge in [0.15, 0.2) is 0 Å². The second kappa shape index (κ2) is 5.20. The summed E-state index contributed by atoms with van der Waals surface area (Å²) in [5.74, 6) is -1.25. The summed E-state index contributed by atoms with van der Waals surface area (Å²) in [5.41, 5.74) is 2.13. The summed E-state index contributed by atoms with van der Waals surface area (Å²) in [6.07, 6.45) is 0.621. The first-order valence-corrected chi connectivity index (χ1v) is 7.00. The number of fused-ring (bicyclic) bond motifs is 1. The fourth-order valence-electron chi connectivity index (χ4n) is 2.93. The maximum Gasteiger partial charge on any atom is 0.246 e. The lowest BCUT2D eigenvalue weighted by Gasteiger charge is -2.35. The molecule has 2 heterocycles. The number of rotatable bonds is 1. The Hall–Kier alpha value is -2.37. The summed E-state index contributed by atoms with van der Waals surface area (Å²) >= 11 is 0. The second-order valence-corrected chi connectivity index (χ2v) is 5.57. The van der Waals surface area contributed by atoms with Crippen LogP contribution in [-0.2, 0) is 20.8 Å². The Labute approximate surface area is 122 Å². The van der Waals surface area contributed by atoms with Gasteiger partial charge in [0.1, 0.15) is 13.1 Å². The number of nitrogens with one attached hydrogen (secondary N) is 2. The highest BCUT2D eigenvalue weighted by molar-refractivity contribution is 6.02. The van der Waals surface area contributed by atoms with E-state index >= 15 is 0 Å². The lowest BCUT2D eigenvalue weighted by molar-refractivity contribution is -0.147. The molecule has 2 unspecified atom stereocenters. The van der Waals surface area contributed by atoms with Crippen molar-refractivity contribution in [1.82, 2.24) is 10.2 Å². The Balaban J connectivity index is 1.79. The van der Waals surface area contributed by atoms with Crippen LogP contribution in [0.15, 0.2) is 24.3 Å². The number of piperazine rings is 1. The Morgan fingerprint density at radius 1 is 1.19 bits per heavy atom. The maximum atomic E-state index is 12.6. The SMILES string of the molecule is CC1Nc2ccccc2CC1C(=O)N1CC(=O)NC(=O)C1. The van der Waals surface area contributed by atoms with Crippen LogP contribution in [0.1, 0.15) is 12.5 Å². The van der Waals surface area contributed by atoms with Gasteiger partial charge in [0.25, 0.3) is 0 Å². The minimum atomic E-state index is -0.420. The van der Waals surface area contributed by atoms with E-state index in [1.54, 1.807) is 0 Å². The van der Waals surface area contributed by atoms with Gasteiger partial charge in [-0.2, -0.15) is 0 Å². The zero-order valence-corrected chi connectivity index (χ0v) is 11.8. The average Bonchev–Trinajstić information content (AvgIpc) is 2.44. The molecule has 0 saturated carbocycles. The third kappa shape index (κ3) is 2.61. The highest BCUT2D eigenvalue weighted by Gasteiger charge is 2.36. The molecule has 0 spiro atoms. The van der Waals surface area contributed by atoms with E-state index in [0.29, 0.717) is 6.42 Å². The summed E-state index contributed by atoms with van der Waals surface area (Å²) in [6.45, 7) is 1.86. The number of nitrogens with zero attached hydrogens (tertiary/aromatic N) is 1. The van der Waals surface area contributed by atoms with Gasteiger partial charge in [-0.1, -0.05) is 18.2 Å². The monoisotopic (exact) mass is 287 g/mol. The van der Waals surface area contributed by atoms with Crippen molar-refractivity contribution in [3.05, 3.63) is 29.8 Å². The molecule has 2 atom stereocenters. The molecule has 6 heteroatoms. The minimum absolute atomic E-state index is 0.0347. The van der Waals surface area contributed by atoms with Crippen LogP contribution in [0, 0.1) is 5.92 Å². The van der Waals surface area contributed by atoms with Crippen molar-refractivity contribution in [3.63, 3.8) is 0 Å². The molecule has 0 aliphatic carbocycles. The molecule has 3 amide bonds. The molecule has 0 aromatic heterocycles. The molecule has 2 aliphatic rings. The quantitative estimate of drug-likeness (QED) is 0.720. The van der Waals surface area contributed by atoms with Crippen LogP contribution < -0.4 is 10.6 Å². The second-order valence-electron chi connectivity index (χ2n) is 5.57. The van der Waals surface area contributed by atoms with Gasteiger partial charge >= 0.3 is 0 Å². The van der Waals surface area contributed by atoms with Gasteiger partial charge < -0.3 is 10.2 Å². The smallest absolute Gasteiger partial charge is 0.246 e. The Bertz CT molecular complexity index is 598. The van der Waals surface area contributed by atoms with Crippen LogP contribution in [0.5, 0.6) is 0 Å². The molecule has 0 bridgehead atoms. The lowest BCUT2D eigenvalue weighted by atomic mass is 9.87. The normalized spacial score (nSPS) is 24.9. The Kier molecular flexibility index (Phi) is 3.37. The van der Waals surface area contributed by atoms with Crippen LogP contribution >= 0.6 is 0 Å². The van der Waals surface area contributed by atoms with Crippen LogP contribution in [0.3, 0.4) is 0 Å². The topological polar surface area (TPSA) is 78.5 Å². The van der Waals surface area contributed by atoms with Gasteiger partial charge in [0.2, 0.25) is 17.7 Å². The van der Waals surface area contributed by atoms with Crippen molar-refractivity contribution in [2.75, 3.05) is 18.4 Å². The minimum Gasteiger partial charge on any atom is -0.382 e. The summed E-state index contributed by atoms with van der Waals surface area (Å²) in [5, 5.41) is 5.53. The Morgan fingerprint density at radius 3 is 2.57 bits per heavy atom. The summed E-state index contributed by atoms with van der Waals surface area (Å²) < 4.78 is 0. The molecule has 6 nitrogen and oxygen atoms in total. The zero-order valence-electron chi connectivity index (χ0n) is 11.8. The molecular formula is C15H17N3O3. The molecule has 1 fully saturated rings. The fraction of sp³-hybridized carbons (Fsp3) is 0.400. The Morgan fingerprint density at radius 2 is 1.86 bits per heavy atom. The van der Waals surface area contributed by atoms with E-state index in [2.05, 4.69) is 10.6 Å². The molecule has 3 rings (SSSR count). The van der Waals surface area contributed by atoms with Gasteiger partial charge in [0.05, 0.1) is 5.92 Å². The number of para-hydroxylation sites is 1. The molecule has 1 aromatic rings. The third-order valence-corrected chi connectivity index (χ3v) is 4.02. The summed E-state index contributed by atoms with van der Waals surface area (Å²) in [7, 11) is 0. The predicted octanol–water partition coefficient (Wildman–Crippen LogP) is 0.144. The predicted molar refractivity (Wildman–Crippen MR) is 76.5 cm³/mol. The molecule has 1 aromatic carbocycles. The standard InChI is InChI=1S/C15H17N3O3/c1-9-11(6-10-4-2-3-5-12(10)16-9)15(21)18-7-13(19)17-14(20)8-18/h2-5,9,11,16H,6-8H2,1H3,(H,17,19,20). The van der Waals surface area contributed by atoms with Crippen LogP contribution in [0.4, 0.5) is 5.69 Å². The van der Waals surface area contributed by atoms with E-state index in [4.69, 9.17) is 0 Å². The summed E-state index contributed by atoms with van der Waals surface area (Å²) in [6, 6.07) is 7.84. The van der Waals surface area contributed by atoms with Crippen molar-refractivity contribution in [3.8, 4) is 0 Å². The van der Waals surface area contributed by atoms with Gasteiger partial charge in [-0.25, -0.2) is 0 Å². The number of anilines is 1. The third-order valence-electron chi connectivity index (χ3n) is 4.02. The summed E-state index contributed by atoms with van der Waals surface area (Å²) in [4.78, 5) is 36.8. The van der Waals surface area contributed by atoms with Crippen molar-refractivity contribution < 1.29 is 14.4 Å². The lowest BCUT2D eigenvalue weighted by Crippen LogP contribution is -2.56. The molecule has 2 aliphatic heterocycles. The van der Waals surface area contributed by atoms with E-state index < -0.39 is 11.8 Å². The van der Waals surface area contributed by atoms with Crippen LogP contribution in [0.2, 0.25) is 0 Å². The number of benzene rings is 1. The van der Waals surface area contributed by atoms with E-state index in [9.17, 15) is 14.4 Å². The molecule has 2 N–H and O–H groups in total. The van der Waals surface area contributed by atoms with Crippen molar-refractivity contribution in [2.45, 2.75) is 19.4 Å². The van der Waals surface area contributed by atoms with E-state index in [1.165, 1.54) is 4.90 Å². The highest BCUT2D eigenvalue weighted by atomic mass is 16.2. The molecular weight excluding hydrogens is 270 g/mol. The maximum absolute atomic E-state index is 12.6. The van der Waals surface area contributed by atoms with Crippen molar-refractivity contribution in [1.29, 1.82) is 0 Å². The van der Waals surface area contributed by atoms with E-state index in [-0.39, 0.29) is 31.0 Å². The van der Waals surface area contributed by atoms with E-state index in [1.807, 2.05) is 31.2 Å². The molecule has 0 radical (unpaired) electrons.